The van der Waals surface area contributed by atoms with Crippen molar-refractivity contribution in [2.45, 2.75) is 32.1 Å². The van der Waals surface area contributed by atoms with Crippen LogP contribution < -0.4 is 0 Å². The molecule has 0 atom stereocenters. The molecule has 1 saturated heterocycles. The fourth-order valence-electron chi connectivity index (χ4n) is 4.38. The lowest BCUT2D eigenvalue weighted by atomic mass is 9.95. The first-order valence-electron chi connectivity index (χ1n) is 10.1. The normalized spacial score (nSPS) is 15.4. The Bertz CT molecular complexity index is 1200. The Morgan fingerprint density at radius 3 is 2.72 bits per heavy atom. The molecule has 3 aromatic heterocycles. The van der Waals surface area contributed by atoms with Gasteiger partial charge in [0.25, 0.3) is 0 Å². The number of carbonyl (C=O) groups excluding carboxylic acids is 1. The maximum absolute atomic E-state index is 12.9. The predicted octanol–water partition coefficient (Wildman–Crippen LogP) is 2.87. The third kappa shape index (κ3) is 3.16. The molecule has 0 unspecified atom stereocenters. The Hall–Kier alpha value is -3.22. The van der Waals surface area contributed by atoms with E-state index in [0.29, 0.717) is 6.42 Å². The lowest BCUT2D eigenvalue weighted by Crippen LogP contribution is -2.39. The van der Waals surface area contributed by atoms with E-state index in [1.54, 1.807) is 0 Å². The number of carbonyl (C=O) groups is 1. The molecular formula is C22H24N6O. The van der Waals surface area contributed by atoms with Crippen LogP contribution in [0.1, 0.15) is 35.8 Å². The van der Waals surface area contributed by atoms with Crippen molar-refractivity contribution < 1.29 is 4.79 Å². The summed E-state index contributed by atoms with van der Waals surface area (Å²) < 4.78 is 3.95. The average molecular weight is 388 g/mol. The number of likely N-dealkylation sites (tertiary alicyclic amines) is 1. The number of benzene rings is 1. The monoisotopic (exact) mass is 388 g/mol. The van der Waals surface area contributed by atoms with Crippen molar-refractivity contribution in [2.24, 2.45) is 7.05 Å². The third-order valence-corrected chi connectivity index (χ3v) is 5.95. The number of nitrogens with zero attached hydrogens (tertiary/aromatic N) is 6. The highest BCUT2D eigenvalue weighted by molar-refractivity contribution is 5.89. The number of amides is 1. The molecular weight excluding hydrogens is 364 g/mol. The zero-order valence-electron chi connectivity index (χ0n) is 16.7. The van der Waals surface area contributed by atoms with E-state index < -0.39 is 0 Å². The van der Waals surface area contributed by atoms with E-state index in [-0.39, 0.29) is 11.8 Å². The summed E-state index contributed by atoms with van der Waals surface area (Å²) >= 11 is 0. The van der Waals surface area contributed by atoms with Crippen LogP contribution in [0.5, 0.6) is 0 Å². The van der Waals surface area contributed by atoms with Crippen molar-refractivity contribution in [1.82, 2.24) is 29.3 Å². The van der Waals surface area contributed by atoms with Gasteiger partial charge in [-0.2, -0.15) is 9.61 Å². The van der Waals surface area contributed by atoms with Gasteiger partial charge in [0.15, 0.2) is 11.5 Å². The number of aryl methyl sites for hydroxylation is 2. The Morgan fingerprint density at radius 1 is 1.10 bits per heavy atom. The van der Waals surface area contributed by atoms with Crippen molar-refractivity contribution in [3.8, 4) is 0 Å². The molecule has 0 radical (unpaired) electrons. The molecule has 0 saturated carbocycles. The second-order valence-electron chi connectivity index (χ2n) is 7.92. The average Bonchev–Trinajstić information content (AvgIpc) is 3.29. The van der Waals surface area contributed by atoms with Crippen LogP contribution in [-0.4, -0.2) is 48.3 Å². The van der Waals surface area contributed by atoms with Gasteiger partial charge in [0.2, 0.25) is 5.91 Å². The van der Waals surface area contributed by atoms with Gasteiger partial charge in [-0.3, -0.25) is 4.79 Å². The molecule has 7 nitrogen and oxygen atoms in total. The highest BCUT2D eigenvalue weighted by atomic mass is 16.2. The Kier molecular flexibility index (Phi) is 4.30. The molecule has 1 aromatic carbocycles. The number of para-hydroxylation sites is 1. The second kappa shape index (κ2) is 6.99. The third-order valence-electron chi connectivity index (χ3n) is 5.95. The van der Waals surface area contributed by atoms with Crippen LogP contribution in [0.4, 0.5) is 0 Å². The number of fused-ring (bicyclic) bond motifs is 2. The maximum Gasteiger partial charge on any atom is 0.227 e. The summed E-state index contributed by atoms with van der Waals surface area (Å²) in [6, 6.07) is 12.1. The van der Waals surface area contributed by atoms with E-state index in [2.05, 4.69) is 38.2 Å². The van der Waals surface area contributed by atoms with Crippen molar-refractivity contribution in [3.05, 3.63) is 59.7 Å². The van der Waals surface area contributed by atoms with Crippen molar-refractivity contribution in [3.63, 3.8) is 0 Å². The summed E-state index contributed by atoms with van der Waals surface area (Å²) in [5.74, 6) is 1.38. The summed E-state index contributed by atoms with van der Waals surface area (Å²) in [7, 11) is 2.03. The number of rotatable bonds is 3. The second-order valence-corrected chi connectivity index (χ2v) is 7.92. The van der Waals surface area contributed by atoms with E-state index >= 15 is 0 Å². The Morgan fingerprint density at radius 2 is 1.90 bits per heavy atom. The summed E-state index contributed by atoms with van der Waals surface area (Å²) in [6.45, 7) is 3.46. The Balaban J connectivity index is 1.28. The predicted molar refractivity (Wildman–Crippen MR) is 111 cm³/mol. The number of hydrogen-bond acceptors (Lipinski definition) is 4. The largest absolute Gasteiger partial charge is 0.350 e. The smallest absolute Gasteiger partial charge is 0.227 e. The molecule has 1 aliphatic rings. The molecule has 1 fully saturated rings. The number of piperidine rings is 1. The fraction of sp³-hybridized carbons (Fsp3) is 0.364. The van der Waals surface area contributed by atoms with Gasteiger partial charge < -0.3 is 9.47 Å². The van der Waals surface area contributed by atoms with Gasteiger partial charge in [0.05, 0.1) is 12.1 Å². The molecule has 148 valence electrons. The van der Waals surface area contributed by atoms with E-state index in [1.165, 1.54) is 0 Å². The van der Waals surface area contributed by atoms with Crippen LogP contribution in [0.25, 0.3) is 16.6 Å². The standard InChI is InChI=1S/C22H24N6O/c1-15-7-8-20-23-24-22(28(20)25-15)16-9-11-27(12-10-16)21(29)13-17-14-26(2)19-6-4-3-5-18(17)19/h3-8,14,16H,9-13H2,1-2H3. The number of hydrogen-bond donors (Lipinski definition) is 0. The quantitative estimate of drug-likeness (QED) is 0.541. The zero-order chi connectivity index (χ0) is 20.0. The van der Waals surface area contributed by atoms with Gasteiger partial charge in [-0.15, -0.1) is 10.2 Å². The number of aromatic nitrogens is 5. The van der Waals surface area contributed by atoms with Crippen molar-refractivity contribution in [1.29, 1.82) is 0 Å². The maximum atomic E-state index is 12.9. The first-order chi connectivity index (χ1) is 14.1. The highest BCUT2D eigenvalue weighted by Crippen LogP contribution is 2.28. The van der Waals surface area contributed by atoms with Crippen LogP contribution in [0.15, 0.2) is 42.6 Å². The van der Waals surface area contributed by atoms with E-state index in [9.17, 15) is 4.79 Å². The van der Waals surface area contributed by atoms with Crippen molar-refractivity contribution >= 4 is 22.5 Å². The summed E-state index contributed by atoms with van der Waals surface area (Å²) in [5, 5.41) is 14.3. The molecule has 29 heavy (non-hydrogen) atoms. The molecule has 5 rings (SSSR count). The van der Waals surface area contributed by atoms with E-state index in [0.717, 1.165) is 59.6 Å². The molecule has 7 heteroatoms. The molecule has 0 aliphatic carbocycles. The van der Waals surface area contributed by atoms with Crippen LogP contribution >= 0.6 is 0 Å². The lowest BCUT2D eigenvalue weighted by molar-refractivity contribution is -0.131. The molecule has 4 heterocycles. The van der Waals surface area contributed by atoms with Crippen LogP contribution in [0, 0.1) is 6.92 Å². The zero-order valence-corrected chi connectivity index (χ0v) is 16.7. The molecule has 0 bridgehead atoms. The van der Waals surface area contributed by atoms with Gasteiger partial charge in [-0.1, -0.05) is 18.2 Å². The fourth-order valence-corrected chi connectivity index (χ4v) is 4.38. The molecule has 0 N–H and O–H groups in total. The topological polar surface area (TPSA) is 68.3 Å². The molecule has 0 spiro atoms. The lowest BCUT2D eigenvalue weighted by Gasteiger charge is -2.31. The molecule has 1 aliphatic heterocycles. The molecule has 4 aromatic rings. The van der Waals surface area contributed by atoms with Gasteiger partial charge >= 0.3 is 0 Å². The minimum absolute atomic E-state index is 0.194. The van der Waals surface area contributed by atoms with Gasteiger partial charge in [0.1, 0.15) is 0 Å². The summed E-state index contributed by atoms with van der Waals surface area (Å²) in [5.41, 5.74) is 3.98. The minimum atomic E-state index is 0.194. The van der Waals surface area contributed by atoms with Crippen molar-refractivity contribution in [2.75, 3.05) is 13.1 Å². The van der Waals surface area contributed by atoms with Crippen LogP contribution in [-0.2, 0) is 18.3 Å². The SMILES string of the molecule is Cc1ccc2nnc(C3CCN(C(=O)Cc4cn(C)c5ccccc45)CC3)n2n1. The van der Waals surface area contributed by atoms with Crippen LogP contribution in [0.3, 0.4) is 0 Å². The Labute approximate surface area is 169 Å². The van der Waals surface area contributed by atoms with Gasteiger partial charge in [0, 0.05) is 43.2 Å². The highest BCUT2D eigenvalue weighted by Gasteiger charge is 2.27. The van der Waals surface area contributed by atoms with Crippen LogP contribution in [0.2, 0.25) is 0 Å². The van der Waals surface area contributed by atoms with Gasteiger partial charge in [-0.25, -0.2) is 0 Å². The van der Waals surface area contributed by atoms with E-state index in [1.807, 2.05) is 47.7 Å². The van der Waals surface area contributed by atoms with E-state index in [4.69, 9.17) is 0 Å². The molecule has 1 amide bonds. The first-order valence-corrected chi connectivity index (χ1v) is 10.1. The first kappa shape index (κ1) is 17.8. The summed E-state index contributed by atoms with van der Waals surface area (Å²) in [4.78, 5) is 14.9. The minimum Gasteiger partial charge on any atom is -0.350 e. The summed E-state index contributed by atoms with van der Waals surface area (Å²) in [6.07, 6.45) is 4.29. The van der Waals surface area contributed by atoms with Gasteiger partial charge in [-0.05, 0) is 43.5 Å².